The first-order valence-corrected chi connectivity index (χ1v) is 5.17. The summed E-state index contributed by atoms with van der Waals surface area (Å²) in [6.07, 6.45) is 1.57. The van der Waals surface area contributed by atoms with Gasteiger partial charge in [-0.15, -0.1) is 0 Å². The summed E-state index contributed by atoms with van der Waals surface area (Å²) >= 11 is 0. The average Bonchev–Trinajstić information content (AvgIpc) is 2.17. The van der Waals surface area contributed by atoms with Gasteiger partial charge in [-0.05, 0) is 29.0 Å². The Balaban J connectivity index is 3.11. The molecule has 0 bridgehead atoms. The summed E-state index contributed by atoms with van der Waals surface area (Å²) in [5, 5.41) is 8.74. The molecule has 0 aliphatic carbocycles. The van der Waals surface area contributed by atoms with Gasteiger partial charge in [-0.3, -0.25) is 0 Å². The van der Waals surface area contributed by atoms with Gasteiger partial charge in [-0.25, -0.2) is 0 Å². The average molecular weight is 187 g/mol. The number of rotatable bonds is 3. The number of nitrogens with zero attached hydrogens (tertiary/aromatic N) is 1. The molecule has 0 fully saturated rings. The zero-order valence-corrected chi connectivity index (χ0v) is 9.17. The van der Waals surface area contributed by atoms with Crippen LogP contribution < -0.4 is 0 Å². The van der Waals surface area contributed by atoms with Crippen LogP contribution in [0, 0.1) is 11.3 Å². The van der Waals surface area contributed by atoms with Crippen molar-refractivity contribution < 1.29 is 0 Å². The summed E-state index contributed by atoms with van der Waals surface area (Å²) in [6, 6.07) is 8.72. The molecule has 0 saturated carbocycles. The van der Waals surface area contributed by atoms with E-state index in [1.807, 2.05) is 0 Å². The highest BCUT2D eigenvalue weighted by Gasteiger charge is 2.06. The van der Waals surface area contributed by atoms with E-state index < -0.39 is 0 Å². The lowest BCUT2D eigenvalue weighted by Crippen LogP contribution is -1.97. The van der Waals surface area contributed by atoms with Crippen LogP contribution in [0.5, 0.6) is 0 Å². The maximum atomic E-state index is 8.74. The van der Waals surface area contributed by atoms with Crippen molar-refractivity contribution in [3.63, 3.8) is 0 Å². The largest absolute Gasteiger partial charge is 0.198 e. The zero-order chi connectivity index (χ0) is 10.6. The molecule has 0 amide bonds. The van der Waals surface area contributed by atoms with Gasteiger partial charge in [0.05, 0.1) is 12.5 Å². The molecule has 0 aliphatic rings. The van der Waals surface area contributed by atoms with Gasteiger partial charge < -0.3 is 0 Å². The quantitative estimate of drug-likeness (QED) is 0.711. The van der Waals surface area contributed by atoms with E-state index in [-0.39, 0.29) is 0 Å². The SMILES string of the molecule is CCc1ccc(C(C)C)c(CC#N)c1. The predicted octanol–water partition coefficient (Wildman–Crippen LogP) is 3.44. The normalized spacial score (nSPS) is 10.2. The monoisotopic (exact) mass is 187 g/mol. The lowest BCUT2D eigenvalue weighted by molar-refractivity contribution is 0.848. The van der Waals surface area contributed by atoms with Crippen molar-refractivity contribution in [2.75, 3.05) is 0 Å². The van der Waals surface area contributed by atoms with Gasteiger partial charge in [0.2, 0.25) is 0 Å². The van der Waals surface area contributed by atoms with Crippen molar-refractivity contribution in [1.29, 1.82) is 5.26 Å². The Morgan fingerprint density at radius 3 is 2.57 bits per heavy atom. The third kappa shape index (κ3) is 2.35. The second-order valence-electron chi connectivity index (χ2n) is 3.88. The molecular formula is C13H17N. The van der Waals surface area contributed by atoms with E-state index in [2.05, 4.69) is 45.0 Å². The van der Waals surface area contributed by atoms with Gasteiger partial charge in [0.15, 0.2) is 0 Å². The van der Waals surface area contributed by atoms with Crippen molar-refractivity contribution in [2.45, 2.75) is 39.5 Å². The topological polar surface area (TPSA) is 23.8 Å². The van der Waals surface area contributed by atoms with E-state index in [1.165, 1.54) is 16.7 Å². The molecule has 0 atom stereocenters. The molecule has 0 aliphatic heterocycles. The number of hydrogen-bond donors (Lipinski definition) is 0. The standard InChI is InChI=1S/C13H17N/c1-4-11-5-6-13(10(2)3)12(9-11)7-8-14/h5-6,9-10H,4,7H2,1-3H3. The fourth-order valence-electron chi connectivity index (χ4n) is 1.68. The van der Waals surface area contributed by atoms with E-state index in [1.54, 1.807) is 0 Å². The van der Waals surface area contributed by atoms with E-state index >= 15 is 0 Å². The van der Waals surface area contributed by atoms with Crippen LogP contribution in [0.3, 0.4) is 0 Å². The molecule has 0 radical (unpaired) electrons. The minimum atomic E-state index is 0.504. The molecule has 0 aromatic heterocycles. The molecule has 0 unspecified atom stereocenters. The van der Waals surface area contributed by atoms with Gasteiger partial charge in [0, 0.05) is 0 Å². The summed E-state index contributed by atoms with van der Waals surface area (Å²) in [5.74, 6) is 0.504. The summed E-state index contributed by atoms with van der Waals surface area (Å²) in [5.41, 5.74) is 3.82. The van der Waals surface area contributed by atoms with Gasteiger partial charge in [-0.1, -0.05) is 39.0 Å². The highest BCUT2D eigenvalue weighted by atomic mass is 14.2. The van der Waals surface area contributed by atoms with E-state index in [4.69, 9.17) is 5.26 Å². The van der Waals surface area contributed by atoms with E-state index in [0.29, 0.717) is 12.3 Å². The number of aryl methyl sites for hydroxylation is 1. The first-order valence-electron chi connectivity index (χ1n) is 5.17. The molecule has 1 heteroatoms. The number of hydrogen-bond acceptors (Lipinski definition) is 1. The molecule has 1 aromatic carbocycles. The van der Waals surface area contributed by atoms with Gasteiger partial charge in [0.25, 0.3) is 0 Å². The molecule has 0 N–H and O–H groups in total. The first-order chi connectivity index (χ1) is 6.69. The van der Waals surface area contributed by atoms with E-state index in [0.717, 1.165) is 6.42 Å². The van der Waals surface area contributed by atoms with Crippen molar-refractivity contribution >= 4 is 0 Å². The maximum Gasteiger partial charge on any atom is 0.0669 e. The molecular weight excluding hydrogens is 170 g/mol. The Bertz CT molecular complexity index is 345. The summed E-state index contributed by atoms with van der Waals surface area (Å²) in [4.78, 5) is 0. The molecule has 0 saturated heterocycles. The Morgan fingerprint density at radius 2 is 2.07 bits per heavy atom. The van der Waals surface area contributed by atoms with E-state index in [9.17, 15) is 0 Å². The van der Waals surface area contributed by atoms with Crippen LogP contribution in [0.25, 0.3) is 0 Å². The second kappa shape index (κ2) is 4.81. The minimum Gasteiger partial charge on any atom is -0.198 e. The minimum absolute atomic E-state index is 0.504. The van der Waals surface area contributed by atoms with Gasteiger partial charge in [-0.2, -0.15) is 5.26 Å². The maximum absolute atomic E-state index is 8.74. The van der Waals surface area contributed by atoms with Crippen molar-refractivity contribution in [3.8, 4) is 6.07 Å². The molecule has 14 heavy (non-hydrogen) atoms. The van der Waals surface area contributed by atoms with Crippen LogP contribution in [0.1, 0.15) is 43.4 Å². The van der Waals surface area contributed by atoms with Crippen LogP contribution in [-0.4, -0.2) is 0 Å². The van der Waals surface area contributed by atoms with Gasteiger partial charge >= 0.3 is 0 Å². The highest BCUT2D eigenvalue weighted by molar-refractivity contribution is 5.35. The molecule has 0 heterocycles. The lowest BCUT2D eigenvalue weighted by Gasteiger charge is -2.11. The number of nitriles is 1. The fraction of sp³-hybridized carbons (Fsp3) is 0.462. The Morgan fingerprint density at radius 1 is 1.36 bits per heavy atom. The van der Waals surface area contributed by atoms with Gasteiger partial charge in [0.1, 0.15) is 0 Å². The Hall–Kier alpha value is -1.29. The Kier molecular flexibility index (Phi) is 3.71. The predicted molar refractivity (Wildman–Crippen MR) is 59.2 cm³/mol. The van der Waals surface area contributed by atoms with Crippen molar-refractivity contribution in [1.82, 2.24) is 0 Å². The Labute approximate surface area is 86.4 Å². The zero-order valence-electron chi connectivity index (χ0n) is 9.17. The fourth-order valence-corrected chi connectivity index (χ4v) is 1.68. The second-order valence-corrected chi connectivity index (χ2v) is 3.88. The third-order valence-corrected chi connectivity index (χ3v) is 2.51. The van der Waals surface area contributed by atoms with Crippen LogP contribution in [0.2, 0.25) is 0 Å². The highest BCUT2D eigenvalue weighted by Crippen LogP contribution is 2.21. The summed E-state index contributed by atoms with van der Waals surface area (Å²) in [6.45, 7) is 6.48. The van der Waals surface area contributed by atoms with Crippen LogP contribution in [0.4, 0.5) is 0 Å². The molecule has 1 rings (SSSR count). The van der Waals surface area contributed by atoms with Crippen molar-refractivity contribution in [2.24, 2.45) is 0 Å². The van der Waals surface area contributed by atoms with Crippen LogP contribution in [-0.2, 0) is 12.8 Å². The van der Waals surface area contributed by atoms with Crippen LogP contribution in [0.15, 0.2) is 18.2 Å². The molecule has 0 spiro atoms. The third-order valence-electron chi connectivity index (χ3n) is 2.51. The molecule has 1 nitrogen and oxygen atoms in total. The van der Waals surface area contributed by atoms with Crippen LogP contribution >= 0.6 is 0 Å². The summed E-state index contributed by atoms with van der Waals surface area (Å²) < 4.78 is 0. The summed E-state index contributed by atoms with van der Waals surface area (Å²) in [7, 11) is 0. The smallest absolute Gasteiger partial charge is 0.0669 e. The molecule has 74 valence electrons. The van der Waals surface area contributed by atoms with Crippen molar-refractivity contribution in [3.05, 3.63) is 34.9 Å². The lowest BCUT2D eigenvalue weighted by atomic mass is 9.93. The number of benzene rings is 1. The molecule has 1 aromatic rings. The first kappa shape index (κ1) is 10.8.